The number of hydrogen-bond acceptors (Lipinski definition) is 8. The molecule has 0 bridgehead atoms. The van der Waals surface area contributed by atoms with Crippen LogP contribution in [0.25, 0.3) is 10.8 Å². The summed E-state index contributed by atoms with van der Waals surface area (Å²) in [6, 6.07) is 14.3. The van der Waals surface area contributed by atoms with E-state index in [0.29, 0.717) is 24.9 Å². The van der Waals surface area contributed by atoms with Crippen LogP contribution in [-0.2, 0) is 44.8 Å². The number of carbonyl (C=O) groups is 3. The van der Waals surface area contributed by atoms with Gasteiger partial charge in [0.15, 0.2) is 5.79 Å². The Morgan fingerprint density at radius 2 is 1.59 bits per heavy atom. The number of hydroxylamine groups is 2. The molecule has 2 aromatic rings. The van der Waals surface area contributed by atoms with Crippen molar-refractivity contribution in [2.45, 2.75) is 39.1 Å². The predicted molar refractivity (Wildman–Crippen MR) is 120 cm³/mol. The minimum Gasteiger partial charge on any atom is -0.376 e. The zero-order valence-electron chi connectivity index (χ0n) is 19.4. The van der Waals surface area contributed by atoms with Gasteiger partial charge in [0.1, 0.15) is 6.61 Å². The normalized spacial score (nSPS) is 19.5. The van der Waals surface area contributed by atoms with Gasteiger partial charge >= 0.3 is 5.97 Å². The van der Waals surface area contributed by atoms with Crippen LogP contribution in [0.4, 0.5) is 0 Å². The number of amides is 2. The van der Waals surface area contributed by atoms with Gasteiger partial charge in [-0.2, -0.15) is 0 Å². The van der Waals surface area contributed by atoms with Crippen LogP contribution in [0.2, 0.25) is 0 Å². The molecule has 4 rings (SSSR count). The standard InChI is InChI=1S/C25H29NO8/c1-24(2)32-16-25(17-33-24,15-31-13-23(29)34-26-21(27)9-10-22(26)28)14-30-12-18-7-8-19-5-3-4-6-20(19)11-18/h3-8,11H,9-10,12-17H2,1-2H3. The zero-order valence-corrected chi connectivity index (χ0v) is 19.4. The van der Waals surface area contributed by atoms with Crippen LogP contribution in [0, 0.1) is 5.41 Å². The van der Waals surface area contributed by atoms with Gasteiger partial charge in [-0.15, -0.1) is 5.06 Å². The minimum absolute atomic E-state index is 0.0368. The van der Waals surface area contributed by atoms with Crippen LogP contribution in [0.1, 0.15) is 32.3 Å². The highest BCUT2D eigenvalue weighted by molar-refractivity contribution is 6.01. The number of imide groups is 1. The van der Waals surface area contributed by atoms with E-state index < -0.39 is 35.6 Å². The van der Waals surface area contributed by atoms with E-state index in [1.54, 1.807) is 0 Å². The van der Waals surface area contributed by atoms with Crippen LogP contribution in [0.15, 0.2) is 42.5 Å². The largest absolute Gasteiger partial charge is 0.376 e. The first-order valence-corrected chi connectivity index (χ1v) is 11.2. The average Bonchev–Trinajstić information content (AvgIpc) is 3.13. The highest BCUT2D eigenvalue weighted by Crippen LogP contribution is 2.31. The highest BCUT2D eigenvalue weighted by atomic mass is 16.7. The minimum atomic E-state index is -0.825. The van der Waals surface area contributed by atoms with Crippen LogP contribution in [0.5, 0.6) is 0 Å². The van der Waals surface area contributed by atoms with E-state index in [9.17, 15) is 14.4 Å². The lowest BCUT2D eigenvalue weighted by Gasteiger charge is -2.42. The third kappa shape index (κ3) is 5.98. The molecule has 2 fully saturated rings. The monoisotopic (exact) mass is 471 g/mol. The topological polar surface area (TPSA) is 101 Å². The maximum atomic E-state index is 12.1. The molecule has 2 saturated heterocycles. The number of carbonyl (C=O) groups excluding carboxylic acids is 3. The number of benzene rings is 2. The Kier molecular flexibility index (Phi) is 7.27. The first-order chi connectivity index (χ1) is 16.3. The lowest BCUT2D eigenvalue weighted by atomic mass is 9.91. The molecule has 9 heteroatoms. The fourth-order valence-corrected chi connectivity index (χ4v) is 3.80. The third-order valence-corrected chi connectivity index (χ3v) is 5.77. The molecule has 2 aliphatic rings. The summed E-state index contributed by atoms with van der Waals surface area (Å²) in [5, 5.41) is 2.81. The SMILES string of the molecule is CC1(C)OCC(COCC(=O)ON2C(=O)CCC2=O)(COCc2ccc3ccccc3c2)CO1. The van der Waals surface area contributed by atoms with E-state index in [1.165, 1.54) is 0 Å². The second-order valence-corrected chi connectivity index (χ2v) is 9.19. The van der Waals surface area contributed by atoms with E-state index in [1.807, 2.05) is 32.0 Å². The second-order valence-electron chi connectivity index (χ2n) is 9.19. The summed E-state index contributed by atoms with van der Waals surface area (Å²) in [6.07, 6.45) is 0.0736. The van der Waals surface area contributed by atoms with Gasteiger partial charge in [-0.05, 0) is 36.2 Å². The molecule has 0 aromatic heterocycles. The smallest absolute Gasteiger partial charge is 0.358 e. The zero-order chi connectivity index (χ0) is 24.2. The van der Waals surface area contributed by atoms with Gasteiger partial charge in [-0.25, -0.2) is 4.79 Å². The number of fused-ring (bicyclic) bond motifs is 1. The molecule has 0 radical (unpaired) electrons. The van der Waals surface area contributed by atoms with Crippen LogP contribution in [0.3, 0.4) is 0 Å². The highest BCUT2D eigenvalue weighted by Gasteiger charge is 2.41. The molecular weight excluding hydrogens is 442 g/mol. The predicted octanol–water partition coefficient (Wildman–Crippen LogP) is 2.75. The summed E-state index contributed by atoms with van der Waals surface area (Å²) in [6.45, 7) is 4.66. The van der Waals surface area contributed by atoms with Gasteiger partial charge in [0, 0.05) is 12.8 Å². The maximum Gasteiger partial charge on any atom is 0.358 e. The van der Waals surface area contributed by atoms with Crippen molar-refractivity contribution in [2.75, 3.05) is 33.0 Å². The molecule has 182 valence electrons. The van der Waals surface area contributed by atoms with Crippen LogP contribution in [-0.4, -0.2) is 61.7 Å². The fourth-order valence-electron chi connectivity index (χ4n) is 3.80. The summed E-state index contributed by atoms with van der Waals surface area (Å²) in [4.78, 5) is 40.1. The van der Waals surface area contributed by atoms with Crippen molar-refractivity contribution in [3.8, 4) is 0 Å². The Morgan fingerprint density at radius 1 is 0.941 bits per heavy atom. The summed E-state index contributed by atoms with van der Waals surface area (Å²) in [7, 11) is 0. The Hall–Kier alpha value is -2.85. The molecule has 0 atom stereocenters. The van der Waals surface area contributed by atoms with Crippen molar-refractivity contribution in [3.05, 3.63) is 48.0 Å². The quantitative estimate of drug-likeness (QED) is 0.515. The summed E-state index contributed by atoms with van der Waals surface area (Å²) >= 11 is 0. The van der Waals surface area contributed by atoms with Crippen molar-refractivity contribution in [3.63, 3.8) is 0 Å². The van der Waals surface area contributed by atoms with Gasteiger partial charge in [0.05, 0.1) is 38.4 Å². The van der Waals surface area contributed by atoms with Crippen molar-refractivity contribution in [1.82, 2.24) is 5.06 Å². The molecule has 2 amide bonds. The van der Waals surface area contributed by atoms with Gasteiger partial charge in [0.2, 0.25) is 0 Å². The molecule has 9 nitrogen and oxygen atoms in total. The summed E-state index contributed by atoms with van der Waals surface area (Å²) in [5.74, 6) is -2.62. The third-order valence-electron chi connectivity index (χ3n) is 5.77. The van der Waals surface area contributed by atoms with Crippen molar-refractivity contribution < 1.29 is 38.2 Å². The molecule has 0 aliphatic carbocycles. The molecule has 2 aliphatic heterocycles. The number of ether oxygens (including phenoxy) is 4. The van der Waals surface area contributed by atoms with Crippen LogP contribution >= 0.6 is 0 Å². The molecule has 2 heterocycles. The summed E-state index contributed by atoms with van der Waals surface area (Å²) < 4.78 is 23.3. The van der Waals surface area contributed by atoms with E-state index >= 15 is 0 Å². The first-order valence-electron chi connectivity index (χ1n) is 11.2. The van der Waals surface area contributed by atoms with Gasteiger partial charge < -0.3 is 23.8 Å². The van der Waals surface area contributed by atoms with E-state index in [4.69, 9.17) is 23.8 Å². The Bertz CT molecular complexity index is 1040. The molecule has 0 saturated carbocycles. The lowest BCUT2D eigenvalue weighted by molar-refractivity contribution is -0.299. The van der Waals surface area contributed by atoms with Gasteiger partial charge in [0.25, 0.3) is 11.8 Å². The van der Waals surface area contributed by atoms with E-state index in [2.05, 4.69) is 24.3 Å². The number of nitrogens with zero attached hydrogens (tertiary/aromatic N) is 1. The molecule has 2 aromatic carbocycles. The van der Waals surface area contributed by atoms with E-state index in [-0.39, 0.29) is 26.1 Å². The number of hydrogen-bond donors (Lipinski definition) is 0. The van der Waals surface area contributed by atoms with Gasteiger partial charge in [-0.1, -0.05) is 36.4 Å². The average molecular weight is 472 g/mol. The first kappa shape index (κ1) is 24.3. The molecule has 0 spiro atoms. The Balaban J connectivity index is 1.31. The Morgan fingerprint density at radius 3 is 2.29 bits per heavy atom. The van der Waals surface area contributed by atoms with E-state index in [0.717, 1.165) is 16.3 Å². The maximum absolute atomic E-state index is 12.1. The molecule has 34 heavy (non-hydrogen) atoms. The molecule has 0 unspecified atom stereocenters. The Labute approximate surface area is 197 Å². The number of rotatable bonds is 9. The van der Waals surface area contributed by atoms with Gasteiger partial charge in [-0.3, -0.25) is 9.59 Å². The molecular formula is C25H29NO8. The van der Waals surface area contributed by atoms with Crippen molar-refractivity contribution in [1.29, 1.82) is 0 Å². The van der Waals surface area contributed by atoms with Crippen molar-refractivity contribution >= 4 is 28.6 Å². The fraction of sp³-hybridized carbons (Fsp3) is 0.480. The second kappa shape index (κ2) is 10.2. The van der Waals surface area contributed by atoms with Crippen LogP contribution < -0.4 is 0 Å². The summed E-state index contributed by atoms with van der Waals surface area (Å²) in [5.41, 5.74) is 0.405. The van der Waals surface area contributed by atoms with Crippen molar-refractivity contribution in [2.24, 2.45) is 5.41 Å². The lowest BCUT2D eigenvalue weighted by Crippen LogP contribution is -2.51. The molecule has 0 N–H and O–H groups in total.